The molecule has 4 aromatic rings. The van der Waals surface area contributed by atoms with Gasteiger partial charge in [-0.05, 0) is 48.7 Å². The third-order valence-electron chi connectivity index (χ3n) is 5.06. The quantitative estimate of drug-likeness (QED) is 0.500. The molecule has 1 saturated carbocycles. The summed E-state index contributed by atoms with van der Waals surface area (Å²) in [4.78, 5) is 4.57. The van der Waals surface area contributed by atoms with Crippen molar-refractivity contribution in [2.75, 3.05) is 0 Å². The summed E-state index contributed by atoms with van der Waals surface area (Å²) in [5.41, 5.74) is 5.08. The highest BCUT2D eigenvalue weighted by molar-refractivity contribution is 5.76. The first-order valence-electron chi connectivity index (χ1n) is 8.88. The van der Waals surface area contributed by atoms with Crippen LogP contribution >= 0.6 is 0 Å². The van der Waals surface area contributed by atoms with E-state index in [2.05, 4.69) is 45.1 Å². The van der Waals surface area contributed by atoms with E-state index in [1.807, 2.05) is 30.5 Å². The molecule has 0 amide bonds. The van der Waals surface area contributed by atoms with Gasteiger partial charge in [-0.3, -0.25) is 4.68 Å². The van der Waals surface area contributed by atoms with Crippen molar-refractivity contribution in [1.82, 2.24) is 14.8 Å². The van der Waals surface area contributed by atoms with E-state index >= 15 is 0 Å². The molecule has 0 aliphatic heterocycles. The summed E-state index contributed by atoms with van der Waals surface area (Å²) >= 11 is 0. The highest BCUT2D eigenvalue weighted by atomic mass is 16.3. The fraction of sp³-hybridized carbons (Fsp3) is 0.238. The largest absolute Gasteiger partial charge is 0.436 e. The number of hydrogen-bond acceptors (Lipinski definition) is 3. The van der Waals surface area contributed by atoms with Gasteiger partial charge in [0.2, 0.25) is 5.89 Å². The first-order valence-corrected chi connectivity index (χ1v) is 8.88. The van der Waals surface area contributed by atoms with E-state index in [4.69, 9.17) is 4.42 Å². The lowest BCUT2D eigenvalue weighted by atomic mass is 10.1. The predicted molar refractivity (Wildman–Crippen MR) is 98.2 cm³/mol. The van der Waals surface area contributed by atoms with Gasteiger partial charge in [0, 0.05) is 11.8 Å². The van der Waals surface area contributed by atoms with Crippen molar-refractivity contribution in [2.45, 2.75) is 31.7 Å². The Bertz CT molecular complexity index is 974. The Morgan fingerprint density at radius 1 is 0.880 bits per heavy atom. The number of nitrogens with zero attached hydrogens (tertiary/aromatic N) is 3. The second-order valence-electron chi connectivity index (χ2n) is 6.66. The lowest BCUT2D eigenvalue weighted by Gasteiger charge is -2.14. The van der Waals surface area contributed by atoms with Crippen molar-refractivity contribution in [3.63, 3.8) is 0 Å². The Hall–Kier alpha value is -2.88. The third-order valence-corrected chi connectivity index (χ3v) is 5.06. The molecule has 2 aromatic heterocycles. The number of fused-ring (bicyclic) bond motifs is 1. The Morgan fingerprint density at radius 2 is 1.64 bits per heavy atom. The standard InChI is InChI=1S/C21H19N3O/c1-2-6-17(5-1)24-19(13-14-22-24)15-9-11-16(12-10-15)21-23-18-7-3-4-8-20(18)25-21/h3-4,7-14,17H,1-2,5-6H2. The first-order chi connectivity index (χ1) is 12.4. The summed E-state index contributed by atoms with van der Waals surface area (Å²) < 4.78 is 8.06. The zero-order valence-electron chi connectivity index (χ0n) is 13.9. The van der Waals surface area contributed by atoms with E-state index in [0.29, 0.717) is 11.9 Å². The number of rotatable bonds is 3. The van der Waals surface area contributed by atoms with Gasteiger partial charge in [0.1, 0.15) is 5.52 Å². The average Bonchev–Trinajstić information content (AvgIpc) is 3.40. The molecule has 2 aromatic carbocycles. The second-order valence-corrected chi connectivity index (χ2v) is 6.66. The van der Waals surface area contributed by atoms with Crippen LogP contribution in [0.3, 0.4) is 0 Å². The van der Waals surface area contributed by atoms with Crippen LogP contribution in [0.4, 0.5) is 0 Å². The fourth-order valence-corrected chi connectivity index (χ4v) is 3.76. The Kier molecular flexibility index (Phi) is 3.40. The minimum absolute atomic E-state index is 0.543. The topological polar surface area (TPSA) is 43.9 Å². The number of aromatic nitrogens is 3. The molecule has 1 aliphatic rings. The van der Waals surface area contributed by atoms with Crippen LogP contribution < -0.4 is 0 Å². The highest BCUT2D eigenvalue weighted by Gasteiger charge is 2.20. The minimum Gasteiger partial charge on any atom is -0.436 e. The maximum absolute atomic E-state index is 5.86. The van der Waals surface area contributed by atoms with Crippen molar-refractivity contribution in [1.29, 1.82) is 0 Å². The average molecular weight is 329 g/mol. The van der Waals surface area contributed by atoms with Crippen LogP contribution in [0.25, 0.3) is 33.8 Å². The molecule has 4 heteroatoms. The molecule has 0 unspecified atom stereocenters. The highest BCUT2D eigenvalue weighted by Crippen LogP contribution is 2.33. The minimum atomic E-state index is 0.543. The molecule has 4 nitrogen and oxygen atoms in total. The van der Waals surface area contributed by atoms with Gasteiger partial charge in [0.25, 0.3) is 0 Å². The Labute approximate surface area is 146 Å². The molecule has 1 aliphatic carbocycles. The summed E-state index contributed by atoms with van der Waals surface area (Å²) in [6, 6.07) is 18.9. The van der Waals surface area contributed by atoms with Crippen molar-refractivity contribution < 1.29 is 4.42 Å². The van der Waals surface area contributed by atoms with E-state index < -0.39 is 0 Å². The number of hydrogen-bond donors (Lipinski definition) is 0. The lowest BCUT2D eigenvalue weighted by molar-refractivity contribution is 0.472. The summed E-state index contributed by atoms with van der Waals surface area (Å²) in [6.07, 6.45) is 6.98. The first kappa shape index (κ1) is 14.5. The van der Waals surface area contributed by atoms with Crippen LogP contribution in [-0.2, 0) is 0 Å². The maximum Gasteiger partial charge on any atom is 0.227 e. The molecule has 5 rings (SSSR count). The smallest absolute Gasteiger partial charge is 0.227 e. The Balaban J connectivity index is 1.48. The van der Waals surface area contributed by atoms with Gasteiger partial charge in [0.05, 0.1) is 11.7 Å². The molecule has 0 radical (unpaired) electrons. The fourth-order valence-electron chi connectivity index (χ4n) is 3.76. The molecular weight excluding hydrogens is 310 g/mol. The SMILES string of the molecule is c1ccc2oc(-c3ccc(-c4ccnn4C4CCCC4)cc3)nc2c1. The van der Waals surface area contributed by atoms with Crippen molar-refractivity contribution in [3.05, 3.63) is 60.8 Å². The zero-order valence-corrected chi connectivity index (χ0v) is 13.9. The molecule has 25 heavy (non-hydrogen) atoms. The monoisotopic (exact) mass is 329 g/mol. The zero-order chi connectivity index (χ0) is 16.6. The molecule has 0 atom stereocenters. The van der Waals surface area contributed by atoms with Gasteiger partial charge in [-0.25, -0.2) is 4.98 Å². The molecule has 124 valence electrons. The molecule has 1 fully saturated rings. The Morgan fingerprint density at radius 3 is 2.44 bits per heavy atom. The van der Waals surface area contributed by atoms with Gasteiger partial charge in [0.15, 0.2) is 5.58 Å². The molecule has 2 heterocycles. The molecular formula is C21H19N3O. The van der Waals surface area contributed by atoms with Gasteiger partial charge in [-0.1, -0.05) is 37.1 Å². The van der Waals surface area contributed by atoms with E-state index in [1.165, 1.54) is 36.9 Å². The maximum atomic E-state index is 5.86. The summed E-state index contributed by atoms with van der Waals surface area (Å²) in [7, 11) is 0. The van der Waals surface area contributed by atoms with E-state index in [9.17, 15) is 0 Å². The van der Waals surface area contributed by atoms with E-state index in [1.54, 1.807) is 0 Å². The van der Waals surface area contributed by atoms with Crippen LogP contribution in [0.1, 0.15) is 31.7 Å². The van der Waals surface area contributed by atoms with Crippen LogP contribution in [-0.4, -0.2) is 14.8 Å². The second kappa shape index (κ2) is 5.88. The van der Waals surface area contributed by atoms with Crippen molar-refractivity contribution >= 4 is 11.1 Å². The van der Waals surface area contributed by atoms with Gasteiger partial charge >= 0.3 is 0 Å². The van der Waals surface area contributed by atoms with Crippen LogP contribution in [0, 0.1) is 0 Å². The molecule has 0 bridgehead atoms. The molecule has 0 N–H and O–H groups in total. The lowest BCUT2D eigenvalue weighted by Crippen LogP contribution is -2.07. The summed E-state index contributed by atoms with van der Waals surface area (Å²) in [5.74, 6) is 0.664. The van der Waals surface area contributed by atoms with Gasteiger partial charge in [-0.2, -0.15) is 5.10 Å². The number of benzene rings is 2. The van der Waals surface area contributed by atoms with E-state index in [-0.39, 0.29) is 0 Å². The third kappa shape index (κ3) is 2.54. The van der Waals surface area contributed by atoms with E-state index in [0.717, 1.165) is 16.7 Å². The van der Waals surface area contributed by atoms with Gasteiger partial charge < -0.3 is 4.42 Å². The van der Waals surface area contributed by atoms with Crippen LogP contribution in [0.5, 0.6) is 0 Å². The predicted octanol–water partition coefficient (Wildman–Crippen LogP) is 5.47. The van der Waals surface area contributed by atoms with Crippen LogP contribution in [0.2, 0.25) is 0 Å². The summed E-state index contributed by atoms with van der Waals surface area (Å²) in [6.45, 7) is 0. The van der Waals surface area contributed by atoms with Crippen LogP contribution in [0.15, 0.2) is 65.2 Å². The summed E-state index contributed by atoms with van der Waals surface area (Å²) in [5, 5.41) is 4.57. The number of para-hydroxylation sites is 2. The number of oxazole rings is 1. The van der Waals surface area contributed by atoms with Crippen molar-refractivity contribution in [2.24, 2.45) is 0 Å². The van der Waals surface area contributed by atoms with Gasteiger partial charge in [-0.15, -0.1) is 0 Å². The molecule has 0 saturated heterocycles. The normalized spacial score (nSPS) is 15.2. The van der Waals surface area contributed by atoms with Crippen molar-refractivity contribution in [3.8, 4) is 22.7 Å². The molecule has 0 spiro atoms.